The Morgan fingerprint density at radius 1 is 1.72 bits per heavy atom. The van der Waals surface area contributed by atoms with E-state index in [2.05, 4.69) is 5.10 Å². The molecule has 6 heteroatoms. The summed E-state index contributed by atoms with van der Waals surface area (Å²) in [6.07, 6.45) is 3.17. The lowest BCUT2D eigenvalue weighted by molar-refractivity contribution is 0.0304. The van der Waals surface area contributed by atoms with Gasteiger partial charge in [-0.1, -0.05) is 0 Å². The molecule has 0 saturated carbocycles. The van der Waals surface area contributed by atoms with Crippen LogP contribution in [0.15, 0.2) is 29.9 Å². The molecule has 92 valence electrons. The fourth-order valence-corrected chi connectivity index (χ4v) is 2.23. The number of rotatable bonds is 4. The number of carbonyl (C=O) groups excluding carboxylic acids is 1. The molecule has 2 heterocycles. The van der Waals surface area contributed by atoms with Crippen LogP contribution < -0.4 is 0 Å². The van der Waals surface area contributed by atoms with Crippen molar-refractivity contribution in [1.82, 2.24) is 9.78 Å². The van der Waals surface area contributed by atoms with Crippen molar-refractivity contribution in [1.29, 1.82) is 5.26 Å². The summed E-state index contributed by atoms with van der Waals surface area (Å²) in [6.45, 7) is 2.28. The average Bonchev–Trinajstić information content (AvgIpc) is 2.97. The Hall–Kier alpha value is -2.13. The molecule has 0 aromatic carbocycles. The molecule has 0 radical (unpaired) electrons. The van der Waals surface area contributed by atoms with E-state index < -0.39 is 5.97 Å². The predicted molar refractivity (Wildman–Crippen MR) is 66.1 cm³/mol. The summed E-state index contributed by atoms with van der Waals surface area (Å²) in [7, 11) is 0. The van der Waals surface area contributed by atoms with Gasteiger partial charge in [-0.25, -0.2) is 4.79 Å². The Morgan fingerprint density at radius 3 is 3.22 bits per heavy atom. The van der Waals surface area contributed by atoms with E-state index in [1.165, 1.54) is 11.3 Å². The molecule has 0 amide bonds. The molecule has 0 bridgehead atoms. The van der Waals surface area contributed by atoms with Crippen molar-refractivity contribution in [3.8, 4) is 6.07 Å². The van der Waals surface area contributed by atoms with Gasteiger partial charge in [-0.15, -0.1) is 11.3 Å². The van der Waals surface area contributed by atoms with Gasteiger partial charge in [-0.2, -0.15) is 10.4 Å². The molecular weight excluding hydrogens is 250 g/mol. The van der Waals surface area contributed by atoms with E-state index >= 15 is 0 Å². The highest BCUT2D eigenvalue weighted by Gasteiger charge is 2.17. The molecule has 0 N–H and O–H groups in total. The van der Waals surface area contributed by atoms with Crippen molar-refractivity contribution in [2.75, 3.05) is 0 Å². The first kappa shape index (κ1) is 12.3. The number of hydrogen-bond donors (Lipinski definition) is 0. The van der Waals surface area contributed by atoms with E-state index in [9.17, 15) is 4.79 Å². The Balaban J connectivity index is 1.97. The molecule has 0 saturated heterocycles. The monoisotopic (exact) mass is 261 g/mol. The van der Waals surface area contributed by atoms with Gasteiger partial charge in [0.05, 0.1) is 12.1 Å². The van der Waals surface area contributed by atoms with Crippen LogP contribution in [-0.2, 0) is 11.3 Å². The lowest BCUT2D eigenvalue weighted by Crippen LogP contribution is -2.20. The molecule has 1 unspecified atom stereocenters. The van der Waals surface area contributed by atoms with Crippen LogP contribution in [0, 0.1) is 11.3 Å². The molecule has 2 aromatic heterocycles. The maximum atomic E-state index is 11.8. The van der Waals surface area contributed by atoms with Crippen molar-refractivity contribution in [2.24, 2.45) is 0 Å². The topological polar surface area (TPSA) is 67.9 Å². The van der Waals surface area contributed by atoms with Crippen molar-refractivity contribution in [2.45, 2.75) is 19.6 Å². The van der Waals surface area contributed by atoms with Gasteiger partial charge in [0.15, 0.2) is 0 Å². The minimum absolute atomic E-state index is 0.300. The molecule has 0 fully saturated rings. The first-order valence-corrected chi connectivity index (χ1v) is 6.24. The summed E-state index contributed by atoms with van der Waals surface area (Å²) in [6, 6.07) is 5.38. The number of aromatic nitrogens is 2. The SMILES string of the molecule is CC(Cn1cccn1)OC(=O)c1sccc1C#N. The first-order valence-electron chi connectivity index (χ1n) is 5.36. The van der Waals surface area contributed by atoms with Crippen LogP contribution in [0.1, 0.15) is 22.2 Å². The van der Waals surface area contributed by atoms with Crippen LogP contribution in [0.25, 0.3) is 0 Å². The van der Waals surface area contributed by atoms with Gasteiger partial charge in [0.2, 0.25) is 0 Å². The second-order valence-corrected chi connectivity index (χ2v) is 4.64. The number of thiophene rings is 1. The standard InChI is InChI=1S/C12H11N3O2S/c1-9(8-15-5-2-4-14-15)17-12(16)11-10(7-13)3-6-18-11/h2-6,9H,8H2,1H3. The second-order valence-electron chi connectivity index (χ2n) is 3.72. The summed E-state index contributed by atoms with van der Waals surface area (Å²) in [4.78, 5) is 12.2. The second kappa shape index (κ2) is 5.47. The molecule has 2 rings (SSSR count). The van der Waals surface area contributed by atoms with Crippen molar-refractivity contribution >= 4 is 17.3 Å². The van der Waals surface area contributed by atoms with Gasteiger partial charge in [-0.3, -0.25) is 4.68 Å². The van der Waals surface area contributed by atoms with Gasteiger partial charge in [0.1, 0.15) is 17.1 Å². The third-order valence-electron chi connectivity index (χ3n) is 2.28. The van der Waals surface area contributed by atoms with Gasteiger partial charge >= 0.3 is 5.97 Å². The van der Waals surface area contributed by atoms with E-state index in [0.29, 0.717) is 17.0 Å². The molecule has 2 aromatic rings. The third kappa shape index (κ3) is 2.76. The number of carbonyl (C=O) groups is 1. The molecule has 0 aliphatic rings. The molecule has 0 aliphatic carbocycles. The predicted octanol–water partition coefficient (Wildman–Crippen LogP) is 2.06. The normalized spacial score (nSPS) is 11.8. The molecule has 0 aliphatic heterocycles. The molecule has 0 spiro atoms. The quantitative estimate of drug-likeness (QED) is 0.790. The largest absolute Gasteiger partial charge is 0.456 e. The zero-order valence-electron chi connectivity index (χ0n) is 9.74. The van der Waals surface area contributed by atoms with Gasteiger partial charge in [-0.05, 0) is 24.4 Å². The van der Waals surface area contributed by atoms with Crippen LogP contribution in [0.4, 0.5) is 0 Å². The summed E-state index contributed by atoms with van der Waals surface area (Å²) in [5.41, 5.74) is 0.358. The Morgan fingerprint density at radius 2 is 2.56 bits per heavy atom. The minimum Gasteiger partial charge on any atom is -0.456 e. The van der Waals surface area contributed by atoms with Crippen LogP contribution in [0.3, 0.4) is 0 Å². The Kier molecular flexibility index (Phi) is 3.75. The van der Waals surface area contributed by atoms with Crippen molar-refractivity contribution < 1.29 is 9.53 Å². The van der Waals surface area contributed by atoms with Crippen molar-refractivity contribution in [3.05, 3.63) is 40.3 Å². The van der Waals surface area contributed by atoms with E-state index in [4.69, 9.17) is 10.00 Å². The number of nitrogens with zero attached hydrogens (tertiary/aromatic N) is 3. The zero-order valence-corrected chi connectivity index (χ0v) is 10.6. The van der Waals surface area contributed by atoms with Crippen LogP contribution >= 0.6 is 11.3 Å². The molecule has 1 atom stereocenters. The maximum absolute atomic E-state index is 11.8. The van der Waals surface area contributed by atoms with E-state index in [-0.39, 0.29) is 6.10 Å². The summed E-state index contributed by atoms with van der Waals surface area (Å²) in [5.74, 6) is -0.457. The number of ether oxygens (including phenoxy) is 1. The summed E-state index contributed by atoms with van der Waals surface area (Å²) in [5, 5.41) is 14.6. The summed E-state index contributed by atoms with van der Waals surface area (Å²) >= 11 is 1.21. The van der Waals surface area contributed by atoms with E-state index in [1.54, 1.807) is 35.4 Å². The lowest BCUT2D eigenvalue weighted by atomic mass is 10.3. The lowest BCUT2D eigenvalue weighted by Gasteiger charge is -2.12. The number of nitriles is 1. The van der Waals surface area contributed by atoms with Gasteiger partial charge < -0.3 is 4.74 Å². The fourth-order valence-electron chi connectivity index (χ4n) is 1.50. The van der Waals surface area contributed by atoms with E-state index in [0.717, 1.165) is 0 Å². The highest BCUT2D eigenvalue weighted by atomic mass is 32.1. The highest BCUT2D eigenvalue weighted by molar-refractivity contribution is 7.12. The van der Waals surface area contributed by atoms with Crippen LogP contribution in [0.2, 0.25) is 0 Å². The highest BCUT2D eigenvalue weighted by Crippen LogP contribution is 2.17. The fraction of sp³-hybridized carbons (Fsp3) is 0.250. The maximum Gasteiger partial charge on any atom is 0.350 e. The number of esters is 1. The Bertz CT molecular complexity index is 568. The first-order chi connectivity index (χ1) is 8.70. The summed E-state index contributed by atoms with van der Waals surface area (Å²) < 4.78 is 6.96. The van der Waals surface area contributed by atoms with Gasteiger partial charge in [0.25, 0.3) is 0 Å². The van der Waals surface area contributed by atoms with Crippen molar-refractivity contribution in [3.63, 3.8) is 0 Å². The van der Waals surface area contributed by atoms with Crippen LogP contribution in [0.5, 0.6) is 0 Å². The third-order valence-corrected chi connectivity index (χ3v) is 3.18. The van der Waals surface area contributed by atoms with E-state index in [1.807, 2.05) is 12.1 Å². The van der Waals surface area contributed by atoms with Gasteiger partial charge in [0, 0.05) is 12.4 Å². The average molecular weight is 261 g/mol. The minimum atomic E-state index is -0.457. The number of hydrogen-bond acceptors (Lipinski definition) is 5. The Labute approximate surface area is 108 Å². The smallest absolute Gasteiger partial charge is 0.350 e. The molecule has 18 heavy (non-hydrogen) atoms. The zero-order chi connectivity index (χ0) is 13.0. The molecular formula is C12H11N3O2S. The van der Waals surface area contributed by atoms with Crippen LogP contribution in [-0.4, -0.2) is 21.9 Å². The molecule has 5 nitrogen and oxygen atoms in total.